The first-order valence-corrected chi connectivity index (χ1v) is 6.54. The zero-order valence-electron chi connectivity index (χ0n) is 10.7. The summed E-state index contributed by atoms with van der Waals surface area (Å²) >= 11 is 5.80. The number of aryl methyl sites for hydroxylation is 1. The zero-order valence-corrected chi connectivity index (χ0v) is 11.4. The largest absolute Gasteiger partial charge is 0.417 e. The van der Waals surface area contributed by atoms with Gasteiger partial charge < -0.3 is 4.57 Å². The average molecular weight is 315 g/mol. The highest BCUT2D eigenvalue weighted by Crippen LogP contribution is 2.32. The predicted molar refractivity (Wildman–Crippen MR) is 73.5 cm³/mol. The summed E-state index contributed by atoms with van der Waals surface area (Å²) in [6.07, 6.45) is -1.04. The molecule has 0 saturated heterocycles. The first-order valence-electron chi connectivity index (χ1n) is 6.16. The average Bonchev–Trinajstić information content (AvgIpc) is 2.99. The molecular weight excluding hydrogens is 305 g/mol. The van der Waals surface area contributed by atoms with Gasteiger partial charge in [0.05, 0.1) is 22.0 Å². The number of fused-ring (bicyclic) bond motifs is 1. The van der Waals surface area contributed by atoms with Gasteiger partial charge in [0.15, 0.2) is 5.82 Å². The van der Waals surface area contributed by atoms with Gasteiger partial charge in [-0.05, 0) is 18.2 Å². The van der Waals surface area contributed by atoms with Gasteiger partial charge in [-0.1, -0.05) is 11.6 Å². The van der Waals surface area contributed by atoms with Gasteiger partial charge in [0, 0.05) is 25.4 Å². The monoisotopic (exact) mass is 314 g/mol. The highest BCUT2D eigenvalue weighted by Gasteiger charge is 2.31. The van der Waals surface area contributed by atoms with Gasteiger partial charge in [-0.3, -0.25) is 5.43 Å². The fourth-order valence-corrected chi connectivity index (χ4v) is 2.34. The molecule has 0 unspecified atom stereocenters. The molecule has 0 saturated carbocycles. The van der Waals surface area contributed by atoms with Gasteiger partial charge in [-0.15, -0.1) is 0 Å². The number of rotatable bonds is 2. The zero-order chi connectivity index (χ0) is 15.0. The molecule has 8 heteroatoms. The lowest BCUT2D eigenvalue weighted by molar-refractivity contribution is -0.137. The smallest absolute Gasteiger partial charge is 0.346 e. The van der Waals surface area contributed by atoms with Crippen molar-refractivity contribution in [3.05, 3.63) is 46.9 Å². The molecule has 0 bridgehead atoms. The molecule has 1 aliphatic heterocycles. The fourth-order valence-electron chi connectivity index (χ4n) is 2.13. The Hall–Kier alpha value is -2.02. The molecule has 0 aliphatic carbocycles. The van der Waals surface area contributed by atoms with E-state index < -0.39 is 11.7 Å². The number of nitrogens with zero attached hydrogens (tertiary/aromatic N) is 3. The molecule has 2 aromatic heterocycles. The molecule has 1 N–H and O–H groups in total. The maximum atomic E-state index is 12.5. The Bertz CT molecular complexity index is 706. The normalized spacial score (nSPS) is 16.3. The van der Waals surface area contributed by atoms with Crippen LogP contribution in [-0.4, -0.2) is 15.3 Å². The Morgan fingerprint density at radius 3 is 2.90 bits per heavy atom. The number of hydrazone groups is 1. The standard InChI is InChI=1S/C13H10ClF3N4/c14-9-6-8(13(15,16)17)7-18-12(9)20-19-10-3-5-21-4-1-2-11(10)21/h1-2,4,6-7H,3,5H2,(H,18,20)/b19-10-. The molecule has 110 valence electrons. The topological polar surface area (TPSA) is 42.2 Å². The maximum Gasteiger partial charge on any atom is 0.417 e. The Morgan fingerprint density at radius 1 is 1.38 bits per heavy atom. The molecule has 1 aliphatic rings. The van der Waals surface area contributed by atoms with E-state index in [-0.39, 0.29) is 10.8 Å². The quantitative estimate of drug-likeness (QED) is 0.857. The number of hydrogen-bond acceptors (Lipinski definition) is 3. The van der Waals surface area contributed by atoms with E-state index in [9.17, 15) is 13.2 Å². The van der Waals surface area contributed by atoms with E-state index in [0.29, 0.717) is 0 Å². The summed E-state index contributed by atoms with van der Waals surface area (Å²) < 4.78 is 39.6. The van der Waals surface area contributed by atoms with Crippen LogP contribution in [0.3, 0.4) is 0 Å². The highest BCUT2D eigenvalue weighted by molar-refractivity contribution is 6.33. The van der Waals surface area contributed by atoms with Crippen LogP contribution < -0.4 is 5.43 Å². The van der Waals surface area contributed by atoms with E-state index in [2.05, 4.69) is 15.5 Å². The van der Waals surface area contributed by atoms with Crippen molar-refractivity contribution in [3.8, 4) is 0 Å². The molecule has 2 aromatic rings. The van der Waals surface area contributed by atoms with E-state index in [4.69, 9.17) is 11.6 Å². The second kappa shape index (κ2) is 5.07. The Kier molecular flexibility index (Phi) is 3.36. The lowest BCUT2D eigenvalue weighted by Gasteiger charge is -2.08. The molecule has 0 atom stereocenters. The minimum Gasteiger partial charge on any atom is -0.346 e. The summed E-state index contributed by atoms with van der Waals surface area (Å²) in [5, 5.41) is 4.05. The Labute approximate surface area is 123 Å². The summed E-state index contributed by atoms with van der Waals surface area (Å²) in [7, 11) is 0. The van der Waals surface area contributed by atoms with E-state index >= 15 is 0 Å². The molecule has 0 fully saturated rings. The summed E-state index contributed by atoms with van der Waals surface area (Å²) in [5.74, 6) is 0.0992. The van der Waals surface area contributed by atoms with Crippen LogP contribution in [0.1, 0.15) is 17.7 Å². The van der Waals surface area contributed by atoms with Gasteiger partial charge in [0.25, 0.3) is 0 Å². The number of nitrogens with one attached hydrogen (secondary N) is 1. The summed E-state index contributed by atoms with van der Waals surface area (Å²) in [5.41, 5.74) is 3.53. The van der Waals surface area contributed by atoms with Crippen LogP contribution in [0.2, 0.25) is 5.02 Å². The number of anilines is 1. The van der Waals surface area contributed by atoms with Gasteiger partial charge in [-0.2, -0.15) is 18.3 Å². The van der Waals surface area contributed by atoms with Crippen molar-refractivity contribution in [2.24, 2.45) is 5.10 Å². The number of alkyl halides is 3. The third kappa shape index (κ3) is 2.73. The molecule has 3 rings (SSSR count). The van der Waals surface area contributed by atoms with E-state index in [1.807, 2.05) is 22.9 Å². The summed E-state index contributed by atoms with van der Waals surface area (Å²) in [4.78, 5) is 3.67. The van der Waals surface area contributed by atoms with Crippen LogP contribution in [0.5, 0.6) is 0 Å². The van der Waals surface area contributed by atoms with Gasteiger partial charge in [-0.25, -0.2) is 4.98 Å². The first kappa shape index (κ1) is 13.9. The fraction of sp³-hybridized carbons (Fsp3) is 0.231. The van der Waals surface area contributed by atoms with Crippen LogP contribution in [0.15, 0.2) is 35.7 Å². The van der Waals surface area contributed by atoms with Crippen molar-refractivity contribution in [1.29, 1.82) is 0 Å². The van der Waals surface area contributed by atoms with Gasteiger partial charge in [0.1, 0.15) is 0 Å². The molecule has 21 heavy (non-hydrogen) atoms. The van der Waals surface area contributed by atoms with Crippen molar-refractivity contribution in [2.45, 2.75) is 19.1 Å². The summed E-state index contributed by atoms with van der Waals surface area (Å²) in [6, 6.07) is 4.66. The first-order chi connectivity index (χ1) is 9.95. The van der Waals surface area contributed by atoms with Crippen LogP contribution >= 0.6 is 11.6 Å². The summed E-state index contributed by atoms with van der Waals surface area (Å²) in [6.45, 7) is 0.830. The highest BCUT2D eigenvalue weighted by atomic mass is 35.5. The van der Waals surface area contributed by atoms with Crippen LogP contribution in [0.4, 0.5) is 19.0 Å². The predicted octanol–water partition coefficient (Wildman–Crippen LogP) is 3.78. The number of pyridine rings is 1. The van der Waals surface area contributed by atoms with Crippen molar-refractivity contribution in [2.75, 3.05) is 5.43 Å². The van der Waals surface area contributed by atoms with Crippen molar-refractivity contribution in [3.63, 3.8) is 0 Å². The minimum absolute atomic E-state index is 0.0992. The van der Waals surface area contributed by atoms with Crippen molar-refractivity contribution < 1.29 is 13.2 Å². The molecule has 0 aromatic carbocycles. The minimum atomic E-state index is -4.46. The maximum absolute atomic E-state index is 12.5. The molecule has 0 amide bonds. The van der Waals surface area contributed by atoms with Crippen LogP contribution in [0, 0.1) is 0 Å². The second-order valence-electron chi connectivity index (χ2n) is 4.56. The van der Waals surface area contributed by atoms with Crippen LogP contribution in [-0.2, 0) is 12.7 Å². The lowest BCUT2D eigenvalue weighted by atomic mass is 10.2. The Morgan fingerprint density at radius 2 is 2.19 bits per heavy atom. The Balaban J connectivity index is 1.81. The second-order valence-corrected chi connectivity index (χ2v) is 4.97. The van der Waals surface area contributed by atoms with E-state index in [0.717, 1.165) is 36.6 Å². The van der Waals surface area contributed by atoms with Crippen LogP contribution in [0.25, 0.3) is 0 Å². The lowest BCUT2D eigenvalue weighted by Crippen LogP contribution is -2.07. The molecule has 0 spiro atoms. The molecular formula is C13H10ClF3N4. The van der Waals surface area contributed by atoms with Crippen molar-refractivity contribution in [1.82, 2.24) is 9.55 Å². The number of aromatic nitrogens is 2. The number of hydrogen-bond donors (Lipinski definition) is 1. The molecule has 4 nitrogen and oxygen atoms in total. The molecule has 0 radical (unpaired) electrons. The van der Waals surface area contributed by atoms with E-state index in [1.165, 1.54) is 0 Å². The van der Waals surface area contributed by atoms with E-state index in [1.54, 1.807) is 0 Å². The third-order valence-corrected chi connectivity index (χ3v) is 3.47. The van der Waals surface area contributed by atoms with Crippen molar-refractivity contribution >= 4 is 23.1 Å². The number of halogens is 4. The van der Waals surface area contributed by atoms with Gasteiger partial charge in [0.2, 0.25) is 0 Å². The SMILES string of the molecule is FC(F)(F)c1cnc(N/N=C2/CCn3cccc32)c(Cl)c1. The molecule has 3 heterocycles. The van der Waals surface area contributed by atoms with Gasteiger partial charge >= 0.3 is 6.18 Å². The third-order valence-electron chi connectivity index (χ3n) is 3.18.